The number of hydrogen-bond donors (Lipinski definition) is 1. The Balaban J connectivity index is -0.000000339. The van der Waals surface area contributed by atoms with Crippen LogP contribution in [0.2, 0.25) is 5.02 Å². The van der Waals surface area contributed by atoms with Gasteiger partial charge in [-0.05, 0) is 6.92 Å². The molecular formula is C9H11ClCuN2O2. The molecule has 0 aliphatic heterocycles. The Morgan fingerprint density at radius 3 is 2.40 bits per heavy atom. The van der Waals surface area contributed by atoms with Crippen molar-refractivity contribution >= 4 is 11.6 Å². The average Bonchev–Trinajstić information content (AvgIpc) is 2.15. The van der Waals surface area contributed by atoms with Crippen LogP contribution in [-0.2, 0) is 17.1 Å². The normalized spacial score (nSPS) is 7.27. The summed E-state index contributed by atoms with van der Waals surface area (Å²) >= 11 is 5.66. The maximum atomic E-state index is 9.14. The van der Waals surface area contributed by atoms with Gasteiger partial charge in [0, 0.05) is 6.07 Å². The number of aromatic nitrogens is 1. The maximum absolute atomic E-state index is 9.14. The summed E-state index contributed by atoms with van der Waals surface area (Å²) in [4.78, 5) is 3.89. The summed E-state index contributed by atoms with van der Waals surface area (Å²) in [5.41, 5.74) is 0.640. The zero-order valence-corrected chi connectivity index (χ0v) is 10.2. The molecule has 1 N–H and O–H groups in total. The number of methoxy groups -OCH3 is 1. The van der Waals surface area contributed by atoms with E-state index < -0.39 is 0 Å². The number of halogens is 1. The van der Waals surface area contributed by atoms with Crippen molar-refractivity contribution in [2.24, 2.45) is 0 Å². The molecule has 0 atom stereocenters. The van der Waals surface area contributed by atoms with Crippen LogP contribution in [0.25, 0.3) is 0 Å². The van der Waals surface area contributed by atoms with Crippen molar-refractivity contribution in [3.05, 3.63) is 30.8 Å². The van der Waals surface area contributed by atoms with Crippen molar-refractivity contribution in [2.75, 3.05) is 7.11 Å². The van der Waals surface area contributed by atoms with Crippen molar-refractivity contribution in [2.45, 2.75) is 6.92 Å². The van der Waals surface area contributed by atoms with Gasteiger partial charge in [-0.2, -0.15) is 0 Å². The third-order valence-corrected chi connectivity index (χ3v) is 1.67. The van der Waals surface area contributed by atoms with Crippen LogP contribution in [0.5, 0.6) is 11.6 Å². The van der Waals surface area contributed by atoms with E-state index in [0.717, 1.165) is 0 Å². The van der Waals surface area contributed by atoms with E-state index in [1.807, 2.05) is 0 Å². The molecule has 1 rings (SSSR count). The Hall–Kier alpha value is -0.951. The molecule has 15 heavy (non-hydrogen) atoms. The molecule has 0 fully saturated rings. The second kappa shape index (κ2) is 9.60. The predicted octanol–water partition coefficient (Wildman–Crippen LogP) is 2.30. The quantitative estimate of drug-likeness (QED) is 0.632. The molecule has 1 aromatic rings. The molecular weight excluding hydrogens is 267 g/mol. The number of rotatable bonds is 1. The van der Waals surface area contributed by atoms with E-state index in [1.165, 1.54) is 13.2 Å². The number of aromatic hydroxyl groups is 1. The molecule has 87 valence electrons. The number of aryl methyl sites for hydroxylation is 1. The summed E-state index contributed by atoms with van der Waals surface area (Å²) in [6, 6.07) is 1.41. The second-order valence-electron chi connectivity index (χ2n) is 2.08. The van der Waals surface area contributed by atoms with E-state index in [1.54, 1.807) is 6.92 Å². The smallest absolute Gasteiger partial charge is 0.512 e. The largest absolute Gasteiger partial charge is 2.00 e. The summed E-state index contributed by atoms with van der Waals surface area (Å²) in [7, 11) is 1.44. The molecule has 0 unspecified atom stereocenters. The molecule has 0 bridgehead atoms. The summed E-state index contributed by atoms with van der Waals surface area (Å²) in [6.45, 7) is 6.49. The average molecular weight is 278 g/mol. The summed E-state index contributed by atoms with van der Waals surface area (Å²) < 4.78 is 4.76. The second-order valence-corrected chi connectivity index (χ2v) is 2.49. The Morgan fingerprint density at radius 2 is 2.00 bits per heavy atom. The standard InChI is InChI=1S/C7H8ClNO2.CN.CH3.Cu/c1-4-5(8)3-6(10)7(9-4)11-2;1-2;;/h3,10H,1-2H3;;1H3;/q;2*-1;+2. The van der Waals surface area contributed by atoms with E-state index in [9.17, 15) is 0 Å². The number of pyridine rings is 1. The predicted molar refractivity (Wildman–Crippen MR) is 53.6 cm³/mol. The zero-order valence-electron chi connectivity index (χ0n) is 8.51. The molecule has 6 heteroatoms. The first-order valence-corrected chi connectivity index (χ1v) is 3.65. The number of nitrogens with zero attached hydrogens (tertiary/aromatic N) is 2. The van der Waals surface area contributed by atoms with Crippen LogP contribution in [0, 0.1) is 26.2 Å². The van der Waals surface area contributed by atoms with Crippen LogP contribution >= 0.6 is 11.6 Å². The molecule has 0 spiro atoms. The van der Waals surface area contributed by atoms with Gasteiger partial charge in [-0.15, -0.1) is 0 Å². The van der Waals surface area contributed by atoms with E-state index >= 15 is 0 Å². The fraction of sp³-hybridized carbons (Fsp3) is 0.222. The van der Waals surface area contributed by atoms with Gasteiger partial charge in [0.25, 0.3) is 5.88 Å². The molecule has 1 radical (unpaired) electrons. The third-order valence-electron chi connectivity index (χ3n) is 1.29. The maximum Gasteiger partial charge on any atom is 2.00 e. The topological polar surface area (TPSA) is 66.1 Å². The van der Waals surface area contributed by atoms with Crippen molar-refractivity contribution < 1.29 is 26.9 Å². The monoisotopic (exact) mass is 277 g/mol. The fourth-order valence-corrected chi connectivity index (χ4v) is 0.845. The van der Waals surface area contributed by atoms with Crippen LogP contribution < -0.4 is 4.74 Å². The van der Waals surface area contributed by atoms with Crippen LogP contribution in [-0.4, -0.2) is 17.2 Å². The van der Waals surface area contributed by atoms with Crippen LogP contribution in [0.1, 0.15) is 5.69 Å². The molecule has 0 aliphatic rings. The Bertz CT molecular complexity index is 318. The van der Waals surface area contributed by atoms with Crippen molar-refractivity contribution in [1.82, 2.24) is 4.98 Å². The minimum atomic E-state index is -0.0388. The zero-order chi connectivity index (χ0) is 10.4. The van der Waals surface area contributed by atoms with Gasteiger partial charge < -0.3 is 29.1 Å². The minimum Gasteiger partial charge on any atom is -0.512 e. The van der Waals surface area contributed by atoms with Gasteiger partial charge in [-0.1, -0.05) is 11.6 Å². The Labute approximate surface area is 105 Å². The first-order chi connectivity index (χ1) is 6.15. The molecule has 4 nitrogen and oxygen atoms in total. The molecule has 0 aliphatic carbocycles. The summed E-state index contributed by atoms with van der Waals surface area (Å²) in [6.07, 6.45) is 0. The molecule has 0 saturated heterocycles. The van der Waals surface area contributed by atoms with Gasteiger partial charge in [-0.3, -0.25) is 0 Å². The Morgan fingerprint density at radius 1 is 1.53 bits per heavy atom. The molecule has 0 saturated carbocycles. The first-order valence-electron chi connectivity index (χ1n) is 3.27. The summed E-state index contributed by atoms with van der Waals surface area (Å²) in [5, 5.41) is 15.8. The summed E-state index contributed by atoms with van der Waals surface area (Å²) in [5.74, 6) is 0.162. The van der Waals surface area contributed by atoms with Gasteiger partial charge in [0.2, 0.25) is 0 Å². The molecule has 1 heterocycles. The van der Waals surface area contributed by atoms with Crippen molar-refractivity contribution in [1.29, 1.82) is 5.26 Å². The van der Waals surface area contributed by atoms with Gasteiger partial charge in [-0.25, -0.2) is 4.98 Å². The van der Waals surface area contributed by atoms with E-state index in [4.69, 9.17) is 33.3 Å². The van der Waals surface area contributed by atoms with Crippen LogP contribution in [0.3, 0.4) is 0 Å². The first kappa shape index (κ1) is 19.6. The third kappa shape index (κ3) is 5.48. The van der Waals surface area contributed by atoms with Crippen molar-refractivity contribution in [3.8, 4) is 11.6 Å². The fourth-order valence-electron chi connectivity index (χ4n) is 0.699. The van der Waals surface area contributed by atoms with E-state index in [-0.39, 0.29) is 36.1 Å². The Kier molecular flexibility index (Phi) is 12.5. The van der Waals surface area contributed by atoms with Gasteiger partial charge in [0.1, 0.15) is 0 Å². The van der Waals surface area contributed by atoms with Crippen molar-refractivity contribution in [3.63, 3.8) is 0 Å². The van der Waals surface area contributed by atoms with E-state index in [0.29, 0.717) is 10.7 Å². The van der Waals surface area contributed by atoms with Gasteiger partial charge >= 0.3 is 17.1 Å². The van der Waals surface area contributed by atoms with Crippen LogP contribution in [0.4, 0.5) is 0 Å². The van der Waals surface area contributed by atoms with Gasteiger partial charge in [0.05, 0.1) is 17.8 Å². The SMILES string of the molecule is COc1nc(C)c(Cl)cc1O.[C-]#N.[CH3-].[Cu+2]. The number of ether oxygens (including phenoxy) is 1. The molecule has 0 aromatic carbocycles. The number of hydrogen-bond acceptors (Lipinski definition) is 4. The van der Waals surface area contributed by atoms with Crippen LogP contribution in [0.15, 0.2) is 6.07 Å². The molecule has 1 aromatic heterocycles. The van der Waals surface area contributed by atoms with Gasteiger partial charge in [0.15, 0.2) is 5.75 Å². The van der Waals surface area contributed by atoms with E-state index in [2.05, 4.69) is 4.98 Å². The minimum absolute atomic E-state index is 0. The molecule has 0 amide bonds.